The van der Waals surface area contributed by atoms with Crippen LogP contribution >= 0.6 is 0 Å². The van der Waals surface area contributed by atoms with E-state index in [2.05, 4.69) is 15.3 Å². The predicted octanol–water partition coefficient (Wildman–Crippen LogP) is -0.415. The first-order valence-corrected chi connectivity index (χ1v) is 7.41. The second kappa shape index (κ2) is 8.39. The minimum atomic E-state index is -5.08. The van der Waals surface area contributed by atoms with Gasteiger partial charge in [-0.3, -0.25) is 4.98 Å². The van der Waals surface area contributed by atoms with Crippen molar-refractivity contribution in [2.75, 3.05) is 6.61 Å². The molecule has 2 aromatic heterocycles. The molecule has 148 valence electrons. The number of carbonyl (C=O) groups is 1. The lowest BCUT2D eigenvalue weighted by atomic mass is 10.1. The van der Waals surface area contributed by atoms with Crippen molar-refractivity contribution in [3.8, 4) is 11.4 Å². The van der Waals surface area contributed by atoms with Crippen LogP contribution in [-0.4, -0.2) is 77.5 Å². The molecule has 1 fully saturated rings. The monoisotopic (exact) mass is 392 g/mol. The van der Waals surface area contributed by atoms with E-state index >= 15 is 0 Å². The number of rotatable bonds is 3. The Bertz CT molecular complexity index is 757. The Hall–Kier alpha value is -2.61. The highest BCUT2D eigenvalue weighted by atomic mass is 19.4. The molecule has 4 atom stereocenters. The summed E-state index contributed by atoms with van der Waals surface area (Å²) in [5.74, 6) is -2.76. The summed E-state index contributed by atoms with van der Waals surface area (Å²) in [7, 11) is 0. The predicted molar refractivity (Wildman–Crippen MR) is 80.0 cm³/mol. The Kier molecular flexibility index (Phi) is 6.43. The van der Waals surface area contributed by atoms with Gasteiger partial charge in [0.25, 0.3) is 0 Å². The molecule has 2 aromatic rings. The van der Waals surface area contributed by atoms with Crippen LogP contribution in [0.15, 0.2) is 30.6 Å². The third-order valence-corrected chi connectivity index (χ3v) is 3.46. The number of aliphatic carboxylic acids is 1. The zero-order chi connectivity index (χ0) is 20.2. The third kappa shape index (κ3) is 4.97. The lowest BCUT2D eigenvalue weighted by Gasteiger charge is -2.13. The average Bonchev–Trinajstić information content (AvgIpc) is 3.21. The summed E-state index contributed by atoms with van der Waals surface area (Å²) < 4.78 is 38.4. The van der Waals surface area contributed by atoms with E-state index in [0.717, 1.165) is 0 Å². The number of carboxylic acids is 1. The molecule has 0 aromatic carbocycles. The largest absolute Gasteiger partial charge is 0.490 e. The van der Waals surface area contributed by atoms with Gasteiger partial charge in [-0.1, -0.05) is 11.3 Å². The summed E-state index contributed by atoms with van der Waals surface area (Å²) in [5, 5.41) is 43.6. The molecule has 0 aliphatic carbocycles. The fraction of sp³-hybridized carbons (Fsp3) is 0.429. The normalized spacial score (nSPS) is 25.0. The van der Waals surface area contributed by atoms with E-state index < -0.39 is 36.7 Å². The Morgan fingerprint density at radius 3 is 2.37 bits per heavy atom. The highest BCUT2D eigenvalue weighted by molar-refractivity contribution is 5.73. The molecule has 13 heteroatoms. The van der Waals surface area contributed by atoms with Crippen molar-refractivity contribution in [3.63, 3.8) is 0 Å². The molecular weight excluding hydrogens is 377 g/mol. The van der Waals surface area contributed by atoms with E-state index in [1.807, 2.05) is 6.07 Å². The second-order valence-electron chi connectivity index (χ2n) is 5.33. The summed E-state index contributed by atoms with van der Waals surface area (Å²) in [5.41, 5.74) is 1.17. The van der Waals surface area contributed by atoms with Crippen LogP contribution in [0.5, 0.6) is 0 Å². The quantitative estimate of drug-likeness (QED) is 0.546. The molecule has 0 unspecified atom stereocenters. The van der Waals surface area contributed by atoms with E-state index in [1.165, 1.54) is 4.68 Å². The van der Waals surface area contributed by atoms with Crippen LogP contribution in [-0.2, 0) is 9.53 Å². The number of hydrogen-bond donors (Lipinski definition) is 4. The number of halogens is 3. The van der Waals surface area contributed by atoms with E-state index in [-0.39, 0.29) is 6.61 Å². The van der Waals surface area contributed by atoms with Crippen LogP contribution < -0.4 is 0 Å². The van der Waals surface area contributed by atoms with Crippen LogP contribution in [0.1, 0.15) is 6.23 Å². The van der Waals surface area contributed by atoms with E-state index in [9.17, 15) is 23.4 Å². The molecule has 1 aliphatic rings. The van der Waals surface area contributed by atoms with Crippen molar-refractivity contribution >= 4 is 5.97 Å². The number of ether oxygens (including phenoxy) is 1. The molecular formula is C14H15F3N4O6. The summed E-state index contributed by atoms with van der Waals surface area (Å²) in [6, 6.07) is 5.40. The van der Waals surface area contributed by atoms with Gasteiger partial charge in [-0.25, -0.2) is 9.48 Å². The Morgan fingerprint density at radius 1 is 1.22 bits per heavy atom. The molecule has 4 N–H and O–H groups in total. The molecule has 10 nitrogen and oxygen atoms in total. The number of pyridine rings is 1. The molecule has 3 rings (SSSR count). The van der Waals surface area contributed by atoms with Gasteiger partial charge in [-0.15, -0.1) is 5.10 Å². The molecule has 0 radical (unpaired) electrons. The molecule has 0 spiro atoms. The number of alkyl halides is 3. The van der Waals surface area contributed by atoms with Crippen molar-refractivity contribution in [2.45, 2.75) is 30.7 Å². The molecule has 0 saturated carbocycles. The fourth-order valence-corrected chi connectivity index (χ4v) is 2.13. The summed E-state index contributed by atoms with van der Waals surface area (Å²) in [6.45, 7) is -0.378. The van der Waals surface area contributed by atoms with Crippen LogP contribution in [0.3, 0.4) is 0 Å². The highest BCUT2D eigenvalue weighted by Gasteiger charge is 2.44. The number of aliphatic hydroxyl groups is 3. The molecule has 1 saturated heterocycles. The SMILES string of the molecule is O=C(O)C(F)(F)F.OC[C@H]1O[C@@H](n2cc(-c3ccccn3)nn2)[C@H](O)[C@@H]1O. The summed E-state index contributed by atoms with van der Waals surface area (Å²) in [6.07, 6.45) is -5.92. The highest BCUT2D eigenvalue weighted by Crippen LogP contribution is 2.29. The first kappa shape index (κ1) is 20.7. The minimum absolute atomic E-state index is 0.378. The molecule has 1 aliphatic heterocycles. The van der Waals surface area contributed by atoms with Crippen molar-refractivity contribution in [1.29, 1.82) is 0 Å². The van der Waals surface area contributed by atoms with Gasteiger partial charge in [0.05, 0.1) is 18.5 Å². The number of aromatic nitrogens is 4. The van der Waals surface area contributed by atoms with Gasteiger partial charge >= 0.3 is 12.1 Å². The van der Waals surface area contributed by atoms with E-state index in [1.54, 1.807) is 24.5 Å². The number of carboxylic acid groups (broad SMARTS) is 1. The summed E-state index contributed by atoms with van der Waals surface area (Å²) in [4.78, 5) is 13.0. The van der Waals surface area contributed by atoms with Gasteiger partial charge in [0.2, 0.25) is 0 Å². The Morgan fingerprint density at radius 2 is 1.89 bits per heavy atom. The van der Waals surface area contributed by atoms with Crippen LogP contribution in [0.25, 0.3) is 11.4 Å². The van der Waals surface area contributed by atoms with Gasteiger partial charge in [0.15, 0.2) is 6.23 Å². The molecule has 27 heavy (non-hydrogen) atoms. The van der Waals surface area contributed by atoms with Crippen LogP contribution in [0, 0.1) is 0 Å². The van der Waals surface area contributed by atoms with Crippen molar-refractivity contribution in [2.24, 2.45) is 0 Å². The Labute approximate surface area is 149 Å². The van der Waals surface area contributed by atoms with Crippen LogP contribution in [0.4, 0.5) is 13.2 Å². The average molecular weight is 392 g/mol. The molecule has 3 heterocycles. The third-order valence-electron chi connectivity index (χ3n) is 3.46. The molecule has 0 bridgehead atoms. The topological polar surface area (TPSA) is 151 Å². The number of aliphatic hydroxyl groups excluding tert-OH is 3. The molecule has 0 amide bonds. The maximum absolute atomic E-state index is 10.6. The van der Waals surface area contributed by atoms with Gasteiger partial charge in [0.1, 0.15) is 24.0 Å². The zero-order valence-electron chi connectivity index (χ0n) is 13.4. The van der Waals surface area contributed by atoms with Crippen molar-refractivity contribution < 1.29 is 43.1 Å². The minimum Gasteiger partial charge on any atom is -0.475 e. The number of nitrogens with zero attached hydrogens (tertiary/aromatic N) is 4. The van der Waals surface area contributed by atoms with E-state index in [0.29, 0.717) is 11.4 Å². The second-order valence-corrected chi connectivity index (χ2v) is 5.33. The van der Waals surface area contributed by atoms with Gasteiger partial charge in [-0.05, 0) is 12.1 Å². The zero-order valence-corrected chi connectivity index (χ0v) is 13.4. The fourth-order valence-electron chi connectivity index (χ4n) is 2.13. The Balaban J connectivity index is 0.000000321. The maximum atomic E-state index is 10.6. The smallest absolute Gasteiger partial charge is 0.475 e. The standard InChI is InChI=1S/C12H14N4O4.C2HF3O2/c17-6-9-10(18)11(19)12(20-9)16-5-8(14-15-16)7-3-1-2-4-13-7;3-2(4,5)1(6)7/h1-5,9-12,17-19H,6H2;(H,6,7)/t9-,10-,11-,12-;/m1./s1. The van der Waals surface area contributed by atoms with Gasteiger partial charge < -0.3 is 25.2 Å². The summed E-state index contributed by atoms with van der Waals surface area (Å²) >= 11 is 0. The first-order valence-electron chi connectivity index (χ1n) is 7.41. The first-order chi connectivity index (χ1) is 12.6. The lowest BCUT2D eigenvalue weighted by molar-refractivity contribution is -0.192. The van der Waals surface area contributed by atoms with Gasteiger partial charge in [-0.2, -0.15) is 13.2 Å². The number of hydrogen-bond acceptors (Lipinski definition) is 8. The lowest BCUT2D eigenvalue weighted by Crippen LogP contribution is -2.33. The van der Waals surface area contributed by atoms with Crippen molar-refractivity contribution in [1.82, 2.24) is 20.0 Å². The van der Waals surface area contributed by atoms with Crippen LogP contribution in [0.2, 0.25) is 0 Å². The van der Waals surface area contributed by atoms with Crippen molar-refractivity contribution in [3.05, 3.63) is 30.6 Å². The maximum Gasteiger partial charge on any atom is 0.490 e. The van der Waals surface area contributed by atoms with E-state index in [4.69, 9.17) is 19.7 Å². The van der Waals surface area contributed by atoms with Gasteiger partial charge in [0, 0.05) is 6.20 Å².